The molecule has 1 amide bonds. The molecule has 0 saturated carbocycles. The summed E-state index contributed by atoms with van der Waals surface area (Å²) in [5.74, 6) is -1.24. The molecule has 44 heavy (non-hydrogen) atoms. The van der Waals surface area contributed by atoms with Gasteiger partial charge in [-0.1, -0.05) is 25.7 Å². The summed E-state index contributed by atoms with van der Waals surface area (Å²) < 4.78 is 0. The van der Waals surface area contributed by atoms with E-state index in [4.69, 9.17) is 5.73 Å². The fraction of sp³-hybridized carbons (Fsp3) is 0.486. The molecule has 1 aliphatic heterocycles. The molecule has 9 nitrogen and oxygen atoms in total. The molecule has 4 aliphatic rings. The molecule has 238 valence electrons. The second kappa shape index (κ2) is 12.3. The highest BCUT2D eigenvalue weighted by molar-refractivity contribution is 6.15. The van der Waals surface area contributed by atoms with E-state index in [2.05, 4.69) is 36.9 Å². The maximum absolute atomic E-state index is 14.5. The summed E-state index contributed by atoms with van der Waals surface area (Å²) in [6, 6.07) is 1.70. The predicted octanol–water partition coefficient (Wildman–Crippen LogP) is 4.11. The van der Waals surface area contributed by atoms with E-state index in [1.54, 1.807) is 0 Å². The average Bonchev–Trinajstić information content (AvgIpc) is 3.50. The SMILES string of the molecule is C=C.C=C(NCc1cc(N(C)C)c2c(c1O)C(=O)C1=C(C)[C@]3(C)C(=C)C(C(N)=O)=C(O)C(N(C)C)[C@@H]3CC1C2)C1CCCN1. The molecule has 5 rings (SSSR count). The van der Waals surface area contributed by atoms with Crippen LogP contribution in [0.4, 0.5) is 5.69 Å². The number of carbonyl (C=O) groups is 2. The quantitative estimate of drug-likeness (QED) is 0.295. The molecule has 1 aromatic carbocycles. The smallest absolute Gasteiger partial charge is 0.252 e. The number of phenols is 1. The number of nitrogens with one attached hydrogen (secondary N) is 2. The Balaban J connectivity index is 0.00000216. The molecule has 5 atom stereocenters. The van der Waals surface area contributed by atoms with Gasteiger partial charge in [0.1, 0.15) is 11.5 Å². The second-order valence-electron chi connectivity index (χ2n) is 13.0. The molecule has 3 aliphatic carbocycles. The fourth-order valence-electron chi connectivity index (χ4n) is 8.02. The van der Waals surface area contributed by atoms with E-state index in [0.29, 0.717) is 41.7 Å². The number of aliphatic hydroxyl groups excluding tert-OH is 1. The van der Waals surface area contributed by atoms with Crippen molar-refractivity contribution < 1.29 is 19.8 Å². The van der Waals surface area contributed by atoms with Crippen LogP contribution in [0.3, 0.4) is 0 Å². The number of anilines is 1. The minimum absolute atomic E-state index is 0.00434. The molecule has 1 heterocycles. The summed E-state index contributed by atoms with van der Waals surface area (Å²) in [6.45, 7) is 19.7. The Morgan fingerprint density at radius 3 is 2.43 bits per heavy atom. The number of allylic oxidation sites excluding steroid dienone is 2. The van der Waals surface area contributed by atoms with Gasteiger partial charge in [-0.2, -0.15) is 0 Å². The zero-order valence-electron chi connectivity index (χ0n) is 27.1. The maximum atomic E-state index is 14.5. The van der Waals surface area contributed by atoms with Gasteiger partial charge in [0, 0.05) is 54.6 Å². The first-order chi connectivity index (χ1) is 20.7. The number of phenolic OH excluding ortho intramolecular Hbond substituents is 1. The standard InChI is InChI=1S/C33H45N5O4.C2H4/c1-16-25-19(13-22-28(38(7)8)31(41)26(32(34)42)17(2)33(16,22)4)12-21-24(37(5)6)14-20(29(39)27(21)30(25)40)15-36-18(3)23-10-9-11-35-23;1-2/h14,19,22-23,28,35-36,39,41H,2-3,9-13,15H2,1,4-8H3,(H2,34,42);1-2H2/t19?,22-,23?,28?,33+;/m0./s1. The average molecular weight is 604 g/mol. The molecule has 1 fully saturated rings. The number of nitrogens with two attached hydrogens (primary N) is 1. The maximum Gasteiger partial charge on any atom is 0.252 e. The highest BCUT2D eigenvalue weighted by Crippen LogP contribution is 2.60. The highest BCUT2D eigenvalue weighted by atomic mass is 16.3. The lowest BCUT2D eigenvalue weighted by Crippen LogP contribution is -2.54. The summed E-state index contributed by atoms with van der Waals surface area (Å²) in [6.07, 6.45) is 3.30. The van der Waals surface area contributed by atoms with E-state index in [0.717, 1.165) is 41.9 Å². The normalized spacial score (nSPS) is 27.7. The Morgan fingerprint density at radius 1 is 1.23 bits per heavy atom. The first-order valence-corrected chi connectivity index (χ1v) is 15.3. The Kier molecular flexibility index (Phi) is 9.24. The van der Waals surface area contributed by atoms with Gasteiger partial charge in [0.05, 0.1) is 17.2 Å². The molecule has 0 bridgehead atoms. The van der Waals surface area contributed by atoms with Crippen LogP contribution in [0, 0.1) is 17.3 Å². The molecule has 3 unspecified atom stereocenters. The number of aromatic hydroxyl groups is 1. The van der Waals surface area contributed by atoms with Gasteiger partial charge in [0.25, 0.3) is 5.91 Å². The van der Waals surface area contributed by atoms with Crippen molar-refractivity contribution in [2.24, 2.45) is 23.0 Å². The van der Waals surface area contributed by atoms with Crippen LogP contribution in [0.5, 0.6) is 5.75 Å². The summed E-state index contributed by atoms with van der Waals surface area (Å²) in [4.78, 5) is 30.9. The number of aliphatic hydroxyl groups is 1. The van der Waals surface area contributed by atoms with Crippen LogP contribution < -0.4 is 21.3 Å². The number of hydrogen-bond acceptors (Lipinski definition) is 8. The van der Waals surface area contributed by atoms with Crippen LogP contribution in [0.2, 0.25) is 0 Å². The minimum Gasteiger partial charge on any atom is -0.510 e. The van der Waals surface area contributed by atoms with Crippen LogP contribution in [0.15, 0.2) is 66.1 Å². The number of rotatable bonds is 7. The molecule has 1 aromatic rings. The number of amides is 1. The van der Waals surface area contributed by atoms with Gasteiger partial charge in [-0.05, 0) is 82.3 Å². The van der Waals surface area contributed by atoms with Gasteiger partial charge in [0.2, 0.25) is 0 Å². The van der Waals surface area contributed by atoms with Crippen LogP contribution >= 0.6 is 0 Å². The first kappa shape index (κ1) is 33.1. The van der Waals surface area contributed by atoms with Crippen molar-refractivity contribution in [3.05, 3.63) is 82.8 Å². The second-order valence-corrected chi connectivity index (χ2v) is 13.0. The van der Waals surface area contributed by atoms with Crippen LogP contribution in [0.25, 0.3) is 0 Å². The van der Waals surface area contributed by atoms with Crippen molar-refractivity contribution in [2.45, 2.75) is 58.2 Å². The third-order valence-electron chi connectivity index (χ3n) is 10.4. The van der Waals surface area contributed by atoms with E-state index < -0.39 is 17.4 Å². The van der Waals surface area contributed by atoms with E-state index in [1.165, 1.54) is 0 Å². The summed E-state index contributed by atoms with van der Waals surface area (Å²) in [5.41, 5.74) is 10.5. The number of likely N-dealkylation sites (N-methyl/N-ethyl adjacent to an activating group) is 1. The Labute approximate surface area is 261 Å². The Bertz CT molecular complexity index is 1470. The van der Waals surface area contributed by atoms with E-state index in [9.17, 15) is 19.8 Å². The predicted molar refractivity (Wildman–Crippen MR) is 177 cm³/mol. The van der Waals surface area contributed by atoms with E-state index in [1.807, 2.05) is 57.9 Å². The lowest BCUT2D eigenvalue weighted by Gasteiger charge is -2.55. The summed E-state index contributed by atoms with van der Waals surface area (Å²) in [5, 5.41) is 29.7. The van der Waals surface area contributed by atoms with Gasteiger partial charge in [-0.25, -0.2) is 0 Å². The molecule has 0 radical (unpaired) electrons. The molecule has 6 N–H and O–H groups in total. The Morgan fingerprint density at radius 2 is 1.89 bits per heavy atom. The molecule has 0 spiro atoms. The monoisotopic (exact) mass is 603 g/mol. The summed E-state index contributed by atoms with van der Waals surface area (Å²) in [7, 11) is 7.65. The van der Waals surface area contributed by atoms with E-state index in [-0.39, 0.29) is 40.7 Å². The van der Waals surface area contributed by atoms with Crippen LogP contribution in [-0.2, 0) is 17.8 Å². The Hall–Kier alpha value is -3.82. The number of primary amides is 1. The molecular formula is C35H49N5O4. The number of ketones is 1. The third kappa shape index (κ3) is 5.06. The number of benzene rings is 1. The number of hydrogen-bond donors (Lipinski definition) is 5. The number of Topliss-reactive ketones (excluding diaryl/α,β-unsaturated/α-hetero) is 1. The number of carbonyl (C=O) groups excluding carboxylic acids is 2. The van der Waals surface area contributed by atoms with Crippen molar-refractivity contribution >= 4 is 17.4 Å². The van der Waals surface area contributed by atoms with Gasteiger partial charge < -0.3 is 31.5 Å². The van der Waals surface area contributed by atoms with Gasteiger partial charge in [0.15, 0.2) is 5.78 Å². The van der Waals surface area contributed by atoms with Gasteiger partial charge in [-0.3, -0.25) is 14.5 Å². The van der Waals surface area contributed by atoms with Crippen molar-refractivity contribution in [1.82, 2.24) is 15.5 Å². The van der Waals surface area contributed by atoms with Crippen molar-refractivity contribution in [3.63, 3.8) is 0 Å². The lowest BCUT2D eigenvalue weighted by atomic mass is 9.51. The van der Waals surface area contributed by atoms with Crippen molar-refractivity contribution in [3.8, 4) is 5.75 Å². The van der Waals surface area contributed by atoms with Crippen molar-refractivity contribution in [1.29, 1.82) is 0 Å². The molecule has 0 aromatic heterocycles. The number of fused-ring (bicyclic) bond motifs is 3. The fourth-order valence-corrected chi connectivity index (χ4v) is 8.02. The third-order valence-corrected chi connectivity index (χ3v) is 10.4. The van der Waals surface area contributed by atoms with Gasteiger partial charge in [-0.15, -0.1) is 13.2 Å². The molecule has 9 heteroatoms. The van der Waals surface area contributed by atoms with E-state index >= 15 is 0 Å². The topological polar surface area (TPSA) is 131 Å². The molecular weight excluding hydrogens is 554 g/mol. The summed E-state index contributed by atoms with van der Waals surface area (Å²) >= 11 is 0. The first-order valence-electron chi connectivity index (χ1n) is 15.3. The zero-order valence-corrected chi connectivity index (χ0v) is 27.1. The van der Waals surface area contributed by atoms with Gasteiger partial charge >= 0.3 is 0 Å². The number of nitrogens with zero attached hydrogens (tertiary/aromatic N) is 2. The van der Waals surface area contributed by atoms with Crippen molar-refractivity contribution in [2.75, 3.05) is 39.6 Å². The molecule has 1 saturated heterocycles. The largest absolute Gasteiger partial charge is 0.510 e. The minimum atomic E-state index is -0.782. The van der Waals surface area contributed by atoms with Crippen LogP contribution in [0.1, 0.15) is 54.6 Å². The van der Waals surface area contributed by atoms with Crippen LogP contribution in [-0.4, -0.2) is 73.6 Å². The highest BCUT2D eigenvalue weighted by Gasteiger charge is 2.57. The zero-order chi connectivity index (χ0) is 32.8. The lowest BCUT2D eigenvalue weighted by molar-refractivity contribution is -0.115.